The lowest BCUT2D eigenvalue weighted by Crippen LogP contribution is -2.69. The molecule has 0 saturated heterocycles. The first-order chi connectivity index (χ1) is 19.3. The summed E-state index contributed by atoms with van der Waals surface area (Å²) in [6.45, 7) is 29.0. The highest BCUT2D eigenvalue weighted by molar-refractivity contribution is 6.94. The fraction of sp³-hybridized carbons (Fsp3) is 0.714. The molecule has 0 amide bonds. The highest BCUT2D eigenvalue weighted by Gasteiger charge is 2.60. The summed E-state index contributed by atoms with van der Waals surface area (Å²) in [5.74, 6) is 11.2. The largest absolute Gasteiger partial charge is 0.473 e. The van der Waals surface area contributed by atoms with E-state index in [2.05, 4.69) is 76.1 Å². The average molecular weight is 731 g/mol. The molecule has 0 fully saturated rings. The van der Waals surface area contributed by atoms with E-state index in [0.29, 0.717) is 36.3 Å². The van der Waals surface area contributed by atoms with Crippen LogP contribution in [0.15, 0.2) is 0 Å². The summed E-state index contributed by atoms with van der Waals surface area (Å²) in [5.41, 5.74) is 0. The van der Waals surface area contributed by atoms with Gasteiger partial charge in [-0.1, -0.05) is 13.8 Å². The van der Waals surface area contributed by atoms with Crippen molar-refractivity contribution in [1.29, 1.82) is 0 Å². The lowest BCUT2D eigenvalue weighted by atomic mass is 10.8. The first kappa shape index (κ1) is 42.7. The van der Waals surface area contributed by atoms with Crippen molar-refractivity contribution in [2.75, 3.05) is 0 Å². The molecule has 0 heterocycles. The van der Waals surface area contributed by atoms with Gasteiger partial charge >= 0.3 is 34.7 Å². The molecule has 0 aromatic rings. The van der Waals surface area contributed by atoms with Gasteiger partial charge in [-0.3, -0.25) is 0 Å². The number of terminal acetylenes is 4. The van der Waals surface area contributed by atoms with Gasteiger partial charge in [0.15, 0.2) is 33.3 Å². The Morgan fingerprint density at radius 1 is 0.372 bits per heavy atom. The van der Waals surface area contributed by atoms with E-state index in [1.165, 1.54) is 0 Å². The van der Waals surface area contributed by atoms with Crippen LogP contribution in [0, 0.1) is 49.4 Å². The van der Waals surface area contributed by atoms with Gasteiger partial charge in [0.1, 0.15) is 0 Å². The molecule has 0 N–H and O–H groups in total. The van der Waals surface area contributed by atoms with Crippen molar-refractivity contribution in [2.24, 2.45) is 0 Å². The van der Waals surface area contributed by atoms with Gasteiger partial charge in [-0.05, 0) is 78.6 Å². The topological polar surface area (TPSA) is 64.6 Å². The van der Waals surface area contributed by atoms with E-state index in [1.807, 2.05) is 40.0 Å². The number of hydrogen-bond donors (Lipinski definition) is 0. The Balaban J connectivity index is 7.18. The predicted octanol–water partition coefficient (Wildman–Crippen LogP) is 7.78. The van der Waals surface area contributed by atoms with Crippen molar-refractivity contribution < 1.29 is 28.8 Å². The Hall–Kier alpha value is -0.305. The lowest BCUT2D eigenvalue weighted by molar-refractivity contribution is 0.156. The molecule has 2 atom stereocenters. The molecule has 0 aliphatic carbocycles. The fourth-order valence-electron chi connectivity index (χ4n) is 4.89. The summed E-state index contributed by atoms with van der Waals surface area (Å²) in [5, 5.41) is 0. The zero-order chi connectivity index (χ0) is 34.0. The first-order valence-corrected chi connectivity index (χ1v) is 36.9. The fourth-order valence-corrected chi connectivity index (χ4v) is 41.1. The Bertz CT molecular complexity index is 999. The molecule has 0 spiro atoms. The molecule has 0 bridgehead atoms. The molecule has 0 aliphatic rings. The standard InChI is InChI=1S/C28H58O7Si8/c1-19-25-36(7,8)29-40(15,16)33-42(23-5,31-38(11,12)27-21-3)35-43(24-6,32-39(13,14)28-22-4)34-41(17,18)30-37(9,10)26-20-2/h1-4H,23-28H2,5-18H3. The van der Waals surface area contributed by atoms with E-state index in [4.69, 9.17) is 54.5 Å². The van der Waals surface area contributed by atoms with Crippen LogP contribution >= 0.6 is 0 Å². The van der Waals surface area contributed by atoms with Gasteiger partial charge in [0.05, 0.1) is 0 Å². The monoisotopic (exact) mass is 730 g/mol. The molecule has 7 nitrogen and oxygen atoms in total. The zero-order valence-electron chi connectivity index (χ0n) is 29.4. The normalized spacial score (nSPS) is 16.2. The molecule has 0 aliphatic heterocycles. The molecule has 0 radical (unpaired) electrons. The lowest BCUT2D eigenvalue weighted by Gasteiger charge is -2.48. The van der Waals surface area contributed by atoms with Crippen molar-refractivity contribution in [3.63, 3.8) is 0 Å². The molecule has 2 unspecified atom stereocenters. The van der Waals surface area contributed by atoms with Crippen LogP contribution in [0.1, 0.15) is 13.8 Å². The predicted molar refractivity (Wildman–Crippen MR) is 200 cm³/mol. The smallest absolute Gasteiger partial charge is 0.436 e. The second kappa shape index (κ2) is 16.5. The maximum absolute atomic E-state index is 7.29. The number of rotatable bonds is 20. The van der Waals surface area contributed by atoms with E-state index in [-0.39, 0.29) is 0 Å². The van der Waals surface area contributed by atoms with Crippen LogP contribution in [0.25, 0.3) is 0 Å². The molecular formula is C28H58O7Si8. The summed E-state index contributed by atoms with van der Waals surface area (Å²) in [7, 11) is -22.1. The summed E-state index contributed by atoms with van der Waals surface area (Å²) >= 11 is 0. The maximum Gasteiger partial charge on any atom is 0.473 e. The molecule has 15 heteroatoms. The summed E-state index contributed by atoms with van der Waals surface area (Å²) in [6, 6.07) is 3.14. The van der Waals surface area contributed by atoms with Crippen LogP contribution in [0.4, 0.5) is 0 Å². The molecule has 244 valence electrons. The summed E-state index contributed by atoms with van der Waals surface area (Å²) in [4.78, 5) is 0. The van der Waals surface area contributed by atoms with Crippen LogP contribution in [0.5, 0.6) is 0 Å². The van der Waals surface area contributed by atoms with Crippen LogP contribution in [-0.2, 0) is 28.8 Å². The maximum atomic E-state index is 7.29. The zero-order valence-corrected chi connectivity index (χ0v) is 37.4. The third-order valence-electron chi connectivity index (χ3n) is 6.00. The quantitative estimate of drug-likeness (QED) is 0.0937. The SMILES string of the molecule is C#CC[Si](C)(C)O[Si](C)(C)O[Si](CC)(O[Si](C)(C)CC#C)O[Si](CC)(O[Si](C)(C)CC#C)O[Si](C)(C)O[Si](C)(C)CC#C. The van der Waals surface area contributed by atoms with E-state index in [9.17, 15) is 0 Å². The van der Waals surface area contributed by atoms with Gasteiger partial charge in [-0.2, -0.15) is 0 Å². The Morgan fingerprint density at radius 3 is 0.814 bits per heavy atom. The molecule has 0 aromatic carbocycles. The van der Waals surface area contributed by atoms with Gasteiger partial charge in [-0.25, -0.2) is 0 Å². The Labute approximate surface area is 273 Å². The Morgan fingerprint density at radius 2 is 0.605 bits per heavy atom. The van der Waals surface area contributed by atoms with Gasteiger partial charge in [0, 0.05) is 36.3 Å². The van der Waals surface area contributed by atoms with Crippen molar-refractivity contribution in [2.45, 2.75) is 129 Å². The Kier molecular flexibility index (Phi) is 16.4. The van der Waals surface area contributed by atoms with Gasteiger partial charge in [0.2, 0.25) is 0 Å². The van der Waals surface area contributed by atoms with Crippen LogP contribution in [0.2, 0.25) is 115 Å². The minimum absolute atomic E-state index is 0.490. The third-order valence-corrected chi connectivity index (χ3v) is 36.1. The van der Waals surface area contributed by atoms with Gasteiger partial charge < -0.3 is 28.8 Å². The van der Waals surface area contributed by atoms with Crippen molar-refractivity contribution in [1.82, 2.24) is 0 Å². The van der Waals surface area contributed by atoms with Crippen molar-refractivity contribution in [3.05, 3.63) is 0 Å². The molecule has 0 rings (SSSR count). The second-order valence-electron chi connectivity index (χ2n) is 14.1. The van der Waals surface area contributed by atoms with E-state index >= 15 is 0 Å². The van der Waals surface area contributed by atoms with Crippen LogP contribution < -0.4 is 0 Å². The van der Waals surface area contributed by atoms with Crippen molar-refractivity contribution in [3.8, 4) is 49.4 Å². The summed E-state index contributed by atoms with van der Waals surface area (Å²) in [6.07, 6.45) is 22.9. The highest BCUT2D eigenvalue weighted by Crippen LogP contribution is 2.37. The second-order valence-corrected chi connectivity index (χ2v) is 45.1. The van der Waals surface area contributed by atoms with Crippen molar-refractivity contribution >= 4 is 68.0 Å². The molecular weight excluding hydrogens is 673 g/mol. The van der Waals surface area contributed by atoms with Crippen LogP contribution in [0.3, 0.4) is 0 Å². The van der Waals surface area contributed by atoms with E-state index < -0.39 is 68.0 Å². The highest BCUT2D eigenvalue weighted by atomic mass is 28.6. The molecule has 0 saturated carbocycles. The average Bonchev–Trinajstić information content (AvgIpc) is 2.75. The number of hydrogen-bond acceptors (Lipinski definition) is 7. The van der Waals surface area contributed by atoms with Gasteiger partial charge in [-0.15, -0.1) is 49.4 Å². The van der Waals surface area contributed by atoms with E-state index in [1.54, 1.807) is 0 Å². The van der Waals surface area contributed by atoms with Crippen LogP contribution in [-0.4, -0.2) is 68.0 Å². The van der Waals surface area contributed by atoms with E-state index in [0.717, 1.165) is 0 Å². The minimum Gasteiger partial charge on any atom is -0.436 e. The summed E-state index contributed by atoms with van der Waals surface area (Å²) < 4.78 is 49.0. The molecule has 43 heavy (non-hydrogen) atoms. The van der Waals surface area contributed by atoms with Gasteiger partial charge in [0.25, 0.3) is 0 Å². The third kappa shape index (κ3) is 16.2. The first-order valence-electron chi connectivity index (χ1n) is 15.0. The minimum atomic E-state index is -3.55. The molecule has 0 aromatic heterocycles.